The zero-order valence-corrected chi connectivity index (χ0v) is 18.8. The fourth-order valence-electron chi connectivity index (χ4n) is 3.03. The van der Waals surface area contributed by atoms with E-state index in [1.165, 1.54) is 23.2 Å². The number of anilines is 2. The van der Waals surface area contributed by atoms with Crippen molar-refractivity contribution in [3.63, 3.8) is 0 Å². The minimum absolute atomic E-state index is 0.117. The van der Waals surface area contributed by atoms with Gasteiger partial charge >= 0.3 is 0 Å². The van der Waals surface area contributed by atoms with Gasteiger partial charge < -0.3 is 10.6 Å². The Bertz CT molecular complexity index is 1110. The molecule has 0 spiro atoms. The molecule has 0 heterocycles. The van der Waals surface area contributed by atoms with Crippen molar-refractivity contribution in [3.8, 4) is 0 Å². The van der Waals surface area contributed by atoms with Crippen LogP contribution in [0.4, 0.5) is 11.4 Å². The number of aryl methyl sites for hydroxylation is 1. The molecule has 0 bridgehead atoms. The molecule has 0 amide bonds. The van der Waals surface area contributed by atoms with Crippen LogP contribution >= 0.6 is 12.2 Å². The Morgan fingerprint density at radius 2 is 1.57 bits per heavy atom. The molecule has 30 heavy (non-hydrogen) atoms. The topological polar surface area (TPSA) is 61.4 Å². The second kappa shape index (κ2) is 9.28. The van der Waals surface area contributed by atoms with Crippen LogP contribution in [0.3, 0.4) is 0 Å². The Balaban J connectivity index is 1.81. The van der Waals surface area contributed by atoms with Crippen LogP contribution in [0.15, 0.2) is 78.9 Å². The highest BCUT2D eigenvalue weighted by Gasteiger charge is 2.16. The lowest BCUT2D eigenvalue weighted by atomic mass is 9.98. The highest BCUT2D eigenvalue weighted by atomic mass is 32.2. The molecule has 0 aliphatic heterocycles. The normalized spacial score (nSPS) is 12.1. The summed E-state index contributed by atoms with van der Waals surface area (Å²) in [5.41, 5.74) is 4.65. The molecule has 3 rings (SSSR count). The first-order chi connectivity index (χ1) is 14.2. The van der Waals surface area contributed by atoms with E-state index >= 15 is 0 Å². The minimum Gasteiger partial charge on any atom is -0.352 e. The predicted octanol–water partition coefficient (Wildman–Crippen LogP) is 4.47. The van der Waals surface area contributed by atoms with Gasteiger partial charge in [0.2, 0.25) is 10.0 Å². The number of rotatable bonds is 6. The van der Waals surface area contributed by atoms with Crippen LogP contribution in [0.25, 0.3) is 0 Å². The summed E-state index contributed by atoms with van der Waals surface area (Å²) in [6.07, 6.45) is 1.17. The summed E-state index contributed by atoms with van der Waals surface area (Å²) in [7, 11) is -1.82. The summed E-state index contributed by atoms with van der Waals surface area (Å²) in [5, 5.41) is 7.00. The van der Waals surface area contributed by atoms with Gasteiger partial charge in [0.05, 0.1) is 18.0 Å². The van der Waals surface area contributed by atoms with Crippen LogP contribution in [-0.2, 0) is 10.0 Å². The summed E-state index contributed by atoms with van der Waals surface area (Å²) >= 11 is 5.57. The minimum atomic E-state index is -3.34. The first kappa shape index (κ1) is 21.8. The largest absolute Gasteiger partial charge is 0.352 e. The van der Waals surface area contributed by atoms with Crippen LogP contribution in [0.2, 0.25) is 0 Å². The van der Waals surface area contributed by atoms with Crippen LogP contribution in [0.1, 0.15) is 22.7 Å². The van der Waals surface area contributed by atoms with E-state index in [2.05, 4.69) is 54.0 Å². The van der Waals surface area contributed by atoms with E-state index in [-0.39, 0.29) is 6.04 Å². The number of hydrogen-bond donors (Lipinski definition) is 2. The van der Waals surface area contributed by atoms with Crippen LogP contribution in [0.5, 0.6) is 0 Å². The molecule has 7 heteroatoms. The maximum atomic E-state index is 11.8. The number of nitrogens with zero attached hydrogens (tertiary/aromatic N) is 1. The molecule has 0 aliphatic rings. The molecule has 1 atom stereocenters. The van der Waals surface area contributed by atoms with Crippen LogP contribution in [-0.4, -0.2) is 26.8 Å². The molecule has 0 aromatic heterocycles. The third-order valence-electron chi connectivity index (χ3n) is 4.78. The van der Waals surface area contributed by atoms with E-state index in [1.54, 1.807) is 18.2 Å². The Hall–Kier alpha value is -2.90. The summed E-state index contributed by atoms with van der Waals surface area (Å²) in [6, 6.07) is 25.4. The monoisotopic (exact) mass is 439 g/mol. The molecule has 0 aliphatic carbocycles. The molecule has 5 nitrogen and oxygen atoms in total. The van der Waals surface area contributed by atoms with Gasteiger partial charge in [-0.25, -0.2) is 8.42 Å². The maximum Gasteiger partial charge on any atom is 0.231 e. The lowest BCUT2D eigenvalue weighted by Crippen LogP contribution is -2.33. The molecule has 0 radical (unpaired) electrons. The van der Waals surface area contributed by atoms with Crippen molar-refractivity contribution in [1.29, 1.82) is 0 Å². The summed E-state index contributed by atoms with van der Waals surface area (Å²) in [6.45, 7) is 2.06. The maximum absolute atomic E-state index is 11.8. The van der Waals surface area contributed by atoms with Crippen molar-refractivity contribution in [2.24, 2.45) is 0 Å². The molecule has 0 saturated carbocycles. The lowest BCUT2D eigenvalue weighted by Gasteiger charge is -2.23. The summed E-state index contributed by atoms with van der Waals surface area (Å²) < 4.78 is 24.9. The van der Waals surface area contributed by atoms with Gasteiger partial charge in [-0.1, -0.05) is 66.2 Å². The summed E-state index contributed by atoms with van der Waals surface area (Å²) in [5.74, 6) is 0. The highest BCUT2D eigenvalue weighted by molar-refractivity contribution is 7.92. The molecule has 156 valence electrons. The van der Waals surface area contributed by atoms with Gasteiger partial charge in [-0.2, -0.15) is 0 Å². The average molecular weight is 440 g/mol. The van der Waals surface area contributed by atoms with Crippen molar-refractivity contribution < 1.29 is 8.42 Å². The van der Waals surface area contributed by atoms with Gasteiger partial charge in [-0.3, -0.25) is 4.31 Å². The molecule has 0 saturated heterocycles. The predicted molar refractivity (Wildman–Crippen MR) is 129 cm³/mol. The van der Waals surface area contributed by atoms with Crippen molar-refractivity contribution in [3.05, 3.63) is 95.6 Å². The number of nitrogens with one attached hydrogen (secondary N) is 2. The van der Waals surface area contributed by atoms with Crippen molar-refractivity contribution in [2.45, 2.75) is 13.0 Å². The molecule has 3 aromatic carbocycles. The lowest BCUT2D eigenvalue weighted by molar-refractivity contribution is 0.600. The molecule has 0 fully saturated rings. The molecule has 1 unspecified atom stereocenters. The smallest absolute Gasteiger partial charge is 0.231 e. The molecular formula is C23H25N3O2S2. The van der Waals surface area contributed by atoms with E-state index < -0.39 is 10.0 Å². The molecule has 2 N–H and O–H groups in total. The Morgan fingerprint density at radius 3 is 2.20 bits per heavy atom. The van der Waals surface area contributed by atoms with Gasteiger partial charge in [0.25, 0.3) is 0 Å². The van der Waals surface area contributed by atoms with Gasteiger partial charge in [-0.05, 0) is 48.5 Å². The third-order valence-corrected chi connectivity index (χ3v) is 6.21. The quantitative estimate of drug-likeness (QED) is 0.555. The van der Waals surface area contributed by atoms with E-state index in [9.17, 15) is 8.42 Å². The second-order valence-corrected chi connectivity index (χ2v) is 9.56. The zero-order chi connectivity index (χ0) is 21.7. The third kappa shape index (κ3) is 5.58. The van der Waals surface area contributed by atoms with Gasteiger partial charge in [0.15, 0.2) is 5.11 Å². The molecular weight excluding hydrogens is 414 g/mol. The van der Waals surface area contributed by atoms with Gasteiger partial charge in [0, 0.05) is 12.7 Å². The van der Waals surface area contributed by atoms with E-state index in [1.807, 2.05) is 24.3 Å². The number of benzene rings is 3. The Kier molecular flexibility index (Phi) is 6.74. The van der Waals surface area contributed by atoms with Gasteiger partial charge in [0.1, 0.15) is 0 Å². The fraction of sp³-hybridized carbons (Fsp3) is 0.174. The van der Waals surface area contributed by atoms with E-state index in [0.29, 0.717) is 16.5 Å². The second-order valence-electron chi connectivity index (χ2n) is 7.13. The Labute approximate surface area is 183 Å². The fourth-order valence-corrected chi connectivity index (χ4v) is 3.77. The van der Waals surface area contributed by atoms with Crippen molar-refractivity contribution >= 4 is 38.7 Å². The standard InChI is InChI=1S/C23H25N3O2S2/c1-17-12-14-19(15-13-17)22(18-8-5-4-6-9-18)25-23(29)24-20-10-7-11-21(16-20)26(2)30(3,27)28/h4-16,22H,1-3H3,(H2,24,25,29). The number of thiocarbonyl (C=S) groups is 1. The van der Waals surface area contributed by atoms with E-state index in [0.717, 1.165) is 11.1 Å². The highest BCUT2D eigenvalue weighted by Crippen LogP contribution is 2.24. The van der Waals surface area contributed by atoms with E-state index in [4.69, 9.17) is 12.2 Å². The average Bonchev–Trinajstić information content (AvgIpc) is 2.72. The van der Waals surface area contributed by atoms with Crippen LogP contribution < -0.4 is 14.9 Å². The summed E-state index contributed by atoms with van der Waals surface area (Å²) in [4.78, 5) is 0. The Morgan fingerprint density at radius 1 is 0.933 bits per heavy atom. The molecule has 3 aromatic rings. The van der Waals surface area contributed by atoms with Crippen LogP contribution in [0, 0.1) is 6.92 Å². The van der Waals surface area contributed by atoms with Crippen molar-refractivity contribution in [1.82, 2.24) is 5.32 Å². The van der Waals surface area contributed by atoms with Crippen molar-refractivity contribution in [2.75, 3.05) is 22.9 Å². The zero-order valence-electron chi connectivity index (χ0n) is 17.2. The SMILES string of the molecule is Cc1ccc(C(NC(=S)Nc2cccc(N(C)S(C)(=O)=O)c2)c2ccccc2)cc1. The number of hydrogen-bond acceptors (Lipinski definition) is 3. The first-order valence-electron chi connectivity index (χ1n) is 9.47. The first-order valence-corrected chi connectivity index (χ1v) is 11.7. The number of sulfonamides is 1. The van der Waals surface area contributed by atoms with Gasteiger partial charge in [-0.15, -0.1) is 0 Å².